The van der Waals surface area contributed by atoms with Gasteiger partial charge >= 0.3 is 6.18 Å². The minimum atomic E-state index is -4.37. The van der Waals surface area contributed by atoms with Gasteiger partial charge in [0.1, 0.15) is 0 Å². The normalized spacial score (nSPS) is 17.8. The van der Waals surface area contributed by atoms with Crippen LogP contribution in [0.1, 0.15) is 24.0 Å². The highest BCUT2D eigenvalue weighted by Gasteiger charge is 2.30. The molecule has 178 valence electrons. The molecule has 1 amide bonds. The van der Waals surface area contributed by atoms with Crippen LogP contribution in [0.3, 0.4) is 0 Å². The number of nitrogens with one attached hydrogen (secondary N) is 2. The standard InChI is InChI=1S/C22H31F3N4O3/c23-22(24,25)19-3-1-2-18(16-19)17-32-27-20-5-9-29(10-6-20)21(30)4-7-26-8-11-28-12-14-31-15-13-28/h1-3,5,16,26-27H,4,6-15,17H2. The molecule has 1 aromatic carbocycles. The van der Waals surface area contributed by atoms with Crippen molar-refractivity contribution in [2.75, 3.05) is 59.0 Å². The Morgan fingerprint density at radius 1 is 1.16 bits per heavy atom. The molecule has 0 aliphatic carbocycles. The highest BCUT2D eigenvalue weighted by Crippen LogP contribution is 2.29. The van der Waals surface area contributed by atoms with E-state index in [1.807, 2.05) is 6.08 Å². The van der Waals surface area contributed by atoms with Gasteiger partial charge in [0.15, 0.2) is 0 Å². The Morgan fingerprint density at radius 2 is 1.97 bits per heavy atom. The van der Waals surface area contributed by atoms with Gasteiger partial charge in [-0.05, 0) is 23.8 Å². The number of ether oxygens (including phenoxy) is 1. The first kappa shape index (κ1) is 24.5. The van der Waals surface area contributed by atoms with E-state index in [0.717, 1.165) is 57.2 Å². The topological polar surface area (TPSA) is 66.1 Å². The lowest BCUT2D eigenvalue weighted by Gasteiger charge is -2.27. The van der Waals surface area contributed by atoms with Gasteiger partial charge in [0.25, 0.3) is 0 Å². The highest BCUT2D eigenvalue weighted by molar-refractivity contribution is 5.76. The second-order valence-corrected chi connectivity index (χ2v) is 7.86. The summed E-state index contributed by atoms with van der Waals surface area (Å²) in [5, 5.41) is 3.32. The van der Waals surface area contributed by atoms with E-state index >= 15 is 0 Å². The van der Waals surface area contributed by atoms with E-state index in [9.17, 15) is 18.0 Å². The van der Waals surface area contributed by atoms with E-state index in [1.54, 1.807) is 11.0 Å². The maximum Gasteiger partial charge on any atom is 0.416 e. The number of rotatable bonds is 10. The molecule has 32 heavy (non-hydrogen) atoms. The van der Waals surface area contributed by atoms with Crippen molar-refractivity contribution in [3.63, 3.8) is 0 Å². The molecule has 0 bridgehead atoms. The lowest BCUT2D eigenvalue weighted by Crippen LogP contribution is -2.41. The number of morpholine rings is 1. The maximum atomic E-state index is 12.8. The third kappa shape index (κ3) is 8.09. The number of hydrogen-bond acceptors (Lipinski definition) is 6. The highest BCUT2D eigenvalue weighted by atomic mass is 19.4. The van der Waals surface area contributed by atoms with Gasteiger partial charge in [0.05, 0.1) is 25.4 Å². The molecule has 0 atom stereocenters. The van der Waals surface area contributed by atoms with Crippen molar-refractivity contribution in [3.8, 4) is 0 Å². The predicted molar refractivity (Wildman–Crippen MR) is 113 cm³/mol. The van der Waals surface area contributed by atoms with Crippen LogP contribution in [-0.4, -0.2) is 74.7 Å². The van der Waals surface area contributed by atoms with Crippen molar-refractivity contribution < 1.29 is 27.5 Å². The quantitative estimate of drug-likeness (QED) is 0.416. The molecule has 0 unspecified atom stereocenters. The summed E-state index contributed by atoms with van der Waals surface area (Å²) in [7, 11) is 0. The molecule has 10 heteroatoms. The first-order chi connectivity index (χ1) is 15.4. The fourth-order valence-electron chi connectivity index (χ4n) is 3.58. The molecule has 0 saturated carbocycles. The van der Waals surface area contributed by atoms with Gasteiger partial charge in [-0.25, -0.2) is 0 Å². The largest absolute Gasteiger partial charge is 0.416 e. The van der Waals surface area contributed by atoms with Crippen LogP contribution >= 0.6 is 0 Å². The van der Waals surface area contributed by atoms with Crippen molar-refractivity contribution in [2.45, 2.75) is 25.6 Å². The van der Waals surface area contributed by atoms with Gasteiger partial charge in [0, 0.05) is 64.4 Å². The van der Waals surface area contributed by atoms with Gasteiger partial charge in [-0.3, -0.25) is 20.0 Å². The third-order valence-corrected chi connectivity index (χ3v) is 5.48. The molecule has 2 aliphatic rings. The zero-order chi connectivity index (χ0) is 22.8. The number of halogens is 3. The van der Waals surface area contributed by atoms with E-state index < -0.39 is 11.7 Å². The SMILES string of the molecule is O=C(CCNCCN1CCOCC1)N1CC=C(NOCc2cccc(C(F)(F)F)c2)CC1. The van der Waals surface area contributed by atoms with Crippen molar-refractivity contribution >= 4 is 5.91 Å². The van der Waals surface area contributed by atoms with Crippen LogP contribution in [0.2, 0.25) is 0 Å². The monoisotopic (exact) mass is 456 g/mol. The Bertz CT molecular complexity index is 767. The molecular weight excluding hydrogens is 425 g/mol. The number of nitrogens with zero attached hydrogens (tertiary/aromatic N) is 2. The summed E-state index contributed by atoms with van der Waals surface area (Å²) in [6.45, 7) is 7.03. The molecule has 2 heterocycles. The number of hydrogen-bond donors (Lipinski definition) is 2. The zero-order valence-corrected chi connectivity index (χ0v) is 18.1. The number of amides is 1. The minimum Gasteiger partial charge on any atom is -0.379 e. The summed E-state index contributed by atoms with van der Waals surface area (Å²) < 4.78 is 43.6. The van der Waals surface area contributed by atoms with Crippen LogP contribution < -0.4 is 10.8 Å². The van der Waals surface area contributed by atoms with Gasteiger partial charge in [-0.1, -0.05) is 12.1 Å². The average Bonchev–Trinajstić information content (AvgIpc) is 2.79. The fraction of sp³-hybridized carbons (Fsp3) is 0.591. The molecule has 2 N–H and O–H groups in total. The van der Waals surface area contributed by atoms with Gasteiger partial charge in [0.2, 0.25) is 5.91 Å². The van der Waals surface area contributed by atoms with E-state index in [0.29, 0.717) is 38.0 Å². The van der Waals surface area contributed by atoms with Gasteiger partial charge < -0.3 is 15.0 Å². The van der Waals surface area contributed by atoms with E-state index in [2.05, 4.69) is 15.7 Å². The summed E-state index contributed by atoms with van der Waals surface area (Å²) in [5.74, 6) is 0.101. The molecule has 2 aliphatic heterocycles. The van der Waals surface area contributed by atoms with Gasteiger partial charge in [-0.15, -0.1) is 0 Å². The molecular formula is C22H31F3N4O3. The Balaban J connectivity index is 1.29. The van der Waals surface area contributed by atoms with Crippen LogP contribution in [-0.2, 0) is 27.2 Å². The first-order valence-corrected chi connectivity index (χ1v) is 10.9. The lowest BCUT2D eigenvalue weighted by molar-refractivity contribution is -0.137. The lowest BCUT2D eigenvalue weighted by atomic mass is 10.1. The Kier molecular flexibility index (Phi) is 9.34. The second-order valence-electron chi connectivity index (χ2n) is 7.86. The smallest absolute Gasteiger partial charge is 0.379 e. The fourth-order valence-corrected chi connectivity index (χ4v) is 3.58. The van der Waals surface area contributed by atoms with Crippen molar-refractivity contribution in [3.05, 3.63) is 47.2 Å². The summed E-state index contributed by atoms with van der Waals surface area (Å²) >= 11 is 0. The molecule has 3 rings (SSSR count). The first-order valence-electron chi connectivity index (χ1n) is 10.9. The summed E-state index contributed by atoms with van der Waals surface area (Å²) in [6, 6.07) is 5.06. The Labute approximate surface area is 186 Å². The zero-order valence-electron chi connectivity index (χ0n) is 18.1. The molecule has 1 fully saturated rings. The second kappa shape index (κ2) is 12.2. The minimum absolute atomic E-state index is 0.0139. The maximum absolute atomic E-state index is 12.8. The Hall–Kier alpha value is -2.14. The molecule has 0 radical (unpaired) electrons. The number of benzene rings is 1. The molecule has 7 nitrogen and oxygen atoms in total. The number of carbonyl (C=O) groups excluding carboxylic acids is 1. The summed E-state index contributed by atoms with van der Waals surface area (Å²) in [6.07, 6.45) is -1.44. The average molecular weight is 457 g/mol. The predicted octanol–water partition coefficient (Wildman–Crippen LogP) is 2.15. The number of alkyl halides is 3. The van der Waals surface area contributed by atoms with Crippen LogP contribution in [0, 0.1) is 0 Å². The molecule has 0 aromatic heterocycles. The van der Waals surface area contributed by atoms with Crippen molar-refractivity contribution in [1.82, 2.24) is 20.6 Å². The number of carbonyl (C=O) groups is 1. The van der Waals surface area contributed by atoms with Crippen LogP contribution in [0.15, 0.2) is 36.0 Å². The van der Waals surface area contributed by atoms with Crippen molar-refractivity contribution in [2.24, 2.45) is 0 Å². The molecule has 1 saturated heterocycles. The summed E-state index contributed by atoms with van der Waals surface area (Å²) in [4.78, 5) is 21.9. The molecule has 0 spiro atoms. The van der Waals surface area contributed by atoms with Gasteiger partial charge in [-0.2, -0.15) is 13.2 Å². The molecule has 1 aromatic rings. The summed E-state index contributed by atoms with van der Waals surface area (Å²) in [5.41, 5.74) is 3.36. The number of hydroxylamine groups is 1. The Morgan fingerprint density at radius 3 is 2.69 bits per heavy atom. The van der Waals surface area contributed by atoms with Crippen LogP contribution in [0.25, 0.3) is 0 Å². The third-order valence-electron chi connectivity index (χ3n) is 5.48. The van der Waals surface area contributed by atoms with E-state index in [1.165, 1.54) is 6.07 Å². The van der Waals surface area contributed by atoms with E-state index in [4.69, 9.17) is 9.57 Å². The van der Waals surface area contributed by atoms with Crippen molar-refractivity contribution in [1.29, 1.82) is 0 Å². The van der Waals surface area contributed by atoms with E-state index in [-0.39, 0.29) is 12.5 Å². The van der Waals surface area contributed by atoms with Crippen LogP contribution in [0.4, 0.5) is 13.2 Å². The van der Waals surface area contributed by atoms with Crippen LogP contribution in [0.5, 0.6) is 0 Å².